The molecule has 3 unspecified atom stereocenters. The van der Waals surface area contributed by atoms with E-state index in [0.29, 0.717) is 12.1 Å². The molecular formula is C17H25NO6S. The van der Waals surface area contributed by atoms with E-state index in [9.17, 15) is 24.0 Å². The lowest BCUT2D eigenvalue weighted by atomic mass is 10.0. The fraction of sp³-hybridized carbons (Fsp3) is 0.529. The number of aliphatic carboxylic acids is 1. The number of carboxylic acids is 1. The summed E-state index contributed by atoms with van der Waals surface area (Å²) in [5.41, 5.74) is 2.45. The van der Waals surface area contributed by atoms with Gasteiger partial charge < -0.3 is 20.2 Å². The van der Waals surface area contributed by atoms with Crippen LogP contribution in [0.25, 0.3) is 0 Å². The van der Waals surface area contributed by atoms with Gasteiger partial charge in [0.2, 0.25) is 5.91 Å². The molecule has 0 aliphatic carbocycles. The van der Waals surface area contributed by atoms with Crippen LogP contribution in [0, 0.1) is 6.92 Å². The van der Waals surface area contributed by atoms with Gasteiger partial charge in [-0.05, 0) is 31.4 Å². The number of carbonyl (C=O) groups is 2. The monoisotopic (exact) mass is 371 g/mol. The lowest BCUT2D eigenvalue weighted by Gasteiger charge is -2.31. The van der Waals surface area contributed by atoms with E-state index in [1.54, 1.807) is 6.92 Å². The maximum absolute atomic E-state index is 12.7. The third-order valence-corrected chi connectivity index (χ3v) is 5.09. The Balaban J connectivity index is 3.10. The molecule has 0 spiro atoms. The molecular weight excluding hydrogens is 346 g/mol. The van der Waals surface area contributed by atoms with Gasteiger partial charge in [-0.3, -0.25) is 9.00 Å². The van der Waals surface area contributed by atoms with Crippen molar-refractivity contribution in [1.82, 2.24) is 0 Å². The van der Waals surface area contributed by atoms with Crippen molar-refractivity contribution in [2.24, 2.45) is 0 Å². The summed E-state index contributed by atoms with van der Waals surface area (Å²) in [6.07, 6.45) is -1.10. The van der Waals surface area contributed by atoms with Crippen LogP contribution in [0.4, 0.5) is 5.69 Å². The number of carboxylic acid groups (broad SMARTS) is 1. The normalized spacial score (nSPS) is 14.6. The van der Waals surface area contributed by atoms with Gasteiger partial charge in [0.05, 0.1) is 24.1 Å². The van der Waals surface area contributed by atoms with Crippen molar-refractivity contribution in [2.45, 2.75) is 39.3 Å². The standard InChI is InChI=1S/C17H25NO6S/c1-4-13-7-5-6-11(2)16(13)18(12(3)8-19)15(21)10-25(24)9-14(20)17(22)23/h5-7,12,14,19-20H,4,8-10H2,1-3H3,(H,22,23). The van der Waals surface area contributed by atoms with Crippen LogP contribution in [0.2, 0.25) is 0 Å². The molecule has 0 saturated carbocycles. The number of benzene rings is 1. The van der Waals surface area contributed by atoms with E-state index in [2.05, 4.69) is 0 Å². The highest BCUT2D eigenvalue weighted by Gasteiger charge is 2.27. The molecule has 7 nitrogen and oxygen atoms in total. The summed E-state index contributed by atoms with van der Waals surface area (Å²) in [4.78, 5) is 24.8. The van der Waals surface area contributed by atoms with Crippen molar-refractivity contribution >= 4 is 28.4 Å². The minimum atomic E-state index is -1.83. The Bertz CT molecular complexity index is 648. The van der Waals surface area contributed by atoms with Crippen LogP contribution < -0.4 is 4.90 Å². The van der Waals surface area contributed by atoms with Crippen LogP contribution in [-0.2, 0) is 26.8 Å². The Morgan fingerprint density at radius 3 is 2.48 bits per heavy atom. The first-order chi connectivity index (χ1) is 11.7. The quantitative estimate of drug-likeness (QED) is 0.581. The van der Waals surface area contributed by atoms with Gasteiger partial charge in [-0.15, -0.1) is 0 Å². The van der Waals surface area contributed by atoms with Gasteiger partial charge in [-0.25, -0.2) is 4.79 Å². The van der Waals surface area contributed by atoms with Gasteiger partial charge in [0.15, 0.2) is 6.10 Å². The second kappa shape index (κ2) is 9.65. The molecule has 25 heavy (non-hydrogen) atoms. The molecule has 0 heterocycles. The van der Waals surface area contributed by atoms with E-state index in [-0.39, 0.29) is 6.61 Å². The third-order valence-electron chi connectivity index (χ3n) is 3.83. The average molecular weight is 371 g/mol. The van der Waals surface area contributed by atoms with E-state index in [1.807, 2.05) is 32.0 Å². The highest BCUT2D eigenvalue weighted by Crippen LogP contribution is 2.28. The molecule has 1 aromatic rings. The Hall–Kier alpha value is -1.77. The number of rotatable bonds is 9. The predicted molar refractivity (Wildman–Crippen MR) is 96.1 cm³/mol. The Morgan fingerprint density at radius 2 is 1.96 bits per heavy atom. The van der Waals surface area contributed by atoms with Crippen molar-refractivity contribution in [1.29, 1.82) is 0 Å². The number of hydrogen-bond donors (Lipinski definition) is 3. The van der Waals surface area contributed by atoms with Gasteiger partial charge in [0.1, 0.15) is 5.75 Å². The van der Waals surface area contributed by atoms with Gasteiger partial charge >= 0.3 is 5.97 Å². The second-order valence-electron chi connectivity index (χ2n) is 5.84. The van der Waals surface area contributed by atoms with Crippen LogP contribution in [0.15, 0.2) is 18.2 Å². The number of nitrogens with zero attached hydrogens (tertiary/aromatic N) is 1. The Kier molecular flexibility index (Phi) is 8.21. The summed E-state index contributed by atoms with van der Waals surface area (Å²) >= 11 is 0. The minimum Gasteiger partial charge on any atom is -0.479 e. The lowest BCUT2D eigenvalue weighted by molar-refractivity contribution is -0.145. The first-order valence-electron chi connectivity index (χ1n) is 8.00. The molecule has 0 fully saturated rings. The number of amides is 1. The Labute approximate surface area is 149 Å². The highest BCUT2D eigenvalue weighted by molar-refractivity contribution is 7.85. The summed E-state index contributed by atoms with van der Waals surface area (Å²) < 4.78 is 12.0. The smallest absolute Gasteiger partial charge is 0.333 e. The molecule has 1 rings (SSSR count). The topological polar surface area (TPSA) is 115 Å². The molecule has 0 saturated heterocycles. The molecule has 0 bridgehead atoms. The molecule has 1 amide bonds. The summed E-state index contributed by atoms with van der Waals surface area (Å²) in [7, 11) is -1.83. The zero-order valence-corrected chi connectivity index (χ0v) is 15.5. The molecule has 3 N–H and O–H groups in total. The lowest BCUT2D eigenvalue weighted by Crippen LogP contribution is -2.44. The minimum absolute atomic E-state index is 0.270. The number of aryl methyl sites for hydroxylation is 2. The summed E-state index contributed by atoms with van der Waals surface area (Å²) in [6.45, 7) is 5.21. The average Bonchev–Trinajstić information content (AvgIpc) is 2.55. The molecule has 0 aromatic heterocycles. The van der Waals surface area contributed by atoms with Gasteiger partial charge in [0, 0.05) is 10.8 Å². The number of anilines is 1. The maximum atomic E-state index is 12.7. The number of carbonyl (C=O) groups excluding carboxylic acids is 1. The molecule has 0 radical (unpaired) electrons. The van der Waals surface area contributed by atoms with Gasteiger partial charge in [-0.1, -0.05) is 25.1 Å². The van der Waals surface area contributed by atoms with E-state index >= 15 is 0 Å². The summed E-state index contributed by atoms with van der Waals surface area (Å²) in [5, 5.41) is 27.5. The van der Waals surface area contributed by atoms with Crippen molar-refractivity contribution in [3.63, 3.8) is 0 Å². The first kappa shape index (κ1) is 21.3. The van der Waals surface area contributed by atoms with E-state index in [1.165, 1.54) is 4.90 Å². The zero-order chi connectivity index (χ0) is 19.1. The molecule has 0 aliphatic rings. The Morgan fingerprint density at radius 1 is 1.32 bits per heavy atom. The van der Waals surface area contributed by atoms with Crippen molar-refractivity contribution in [3.05, 3.63) is 29.3 Å². The number of aliphatic hydroxyl groups excluding tert-OH is 2. The highest BCUT2D eigenvalue weighted by atomic mass is 32.2. The predicted octanol–water partition coefficient (Wildman–Crippen LogP) is 0.465. The number of hydrogen-bond acceptors (Lipinski definition) is 5. The molecule has 1 aromatic carbocycles. The van der Waals surface area contributed by atoms with E-state index in [4.69, 9.17) is 5.11 Å². The molecule has 140 valence electrons. The summed E-state index contributed by atoms with van der Waals surface area (Å²) in [6, 6.07) is 5.09. The van der Waals surface area contributed by atoms with Crippen LogP contribution in [0.1, 0.15) is 25.0 Å². The molecule has 3 atom stereocenters. The van der Waals surface area contributed by atoms with Crippen LogP contribution >= 0.6 is 0 Å². The van der Waals surface area contributed by atoms with E-state index < -0.39 is 46.3 Å². The van der Waals surface area contributed by atoms with Crippen molar-refractivity contribution in [2.75, 3.05) is 23.0 Å². The largest absolute Gasteiger partial charge is 0.479 e. The van der Waals surface area contributed by atoms with Crippen LogP contribution in [-0.4, -0.2) is 61.7 Å². The van der Waals surface area contributed by atoms with Crippen LogP contribution in [0.3, 0.4) is 0 Å². The zero-order valence-electron chi connectivity index (χ0n) is 14.6. The SMILES string of the molecule is CCc1cccc(C)c1N(C(=O)CS(=O)CC(O)C(=O)O)C(C)CO. The summed E-state index contributed by atoms with van der Waals surface area (Å²) in [5.74, 6) is -2.90. The van der Waals surface area contributed by atoms with Crippen LogP contribution in [0.5, 0.6) is 0 Å². The third kappa shape index (κ3) is 5.62. The fourth-order valence-corrected chi connectivity index (χ4v) is 3.56. The fourth-order valence-electron chi connectivity index (χ4n) is 2.54. The van der Waals surface area contributed by atoms with Gasteiger partial charge in [0.25, 0.3) is 0 Å². The van der Waals surface area contributed by atoms with Crippen molar-refractivity contribution in [3.8, 4) is 0 Å². The number of aliphatic hydroxyl groups is 2. The second-order valence-corrected chi connectivity index (χ2v) is 7.34. The van der Waals surface area contributed by atoms with E-state index in [0.717, 1.165) is 11.1 Å². The van der Waals surface area contributed by atoms with Crippen molar-refractivity contribution < 1.29 is 29.1 Å². The number of para-hydroxylation sites is 1. The molecule has 0 aliphatic heterocycles. The van der Waals surface area contributed by atoms with Gasteiger partial charge in [-0.2, -0.15) is 0 Å². The maximum Gasteiger partial charge on any atom is 0.333 e. The first-order valence-corrected chi connectivity index (χ1v) is 9.48. The molecule has 8 heteroatoms.